The lowest BCUT2D eigenvalue weighted by molar-refractivity contribution is -0.123. The van der Waals surface area contributed by atoms with Crippen LogP contribution in [-0.4, -0.2) is 45.0 Å². The summed E-state index contributed by atoms with van der Waals surface area (Å²) in [6.45, 7) is 3.82. The maximum atomic E-state index is 13.8. The maximum absolute atomic E-state index is 13.8. The van der Waals surface area contributed by atoms with Gasteiger partial charge in [-0.25, -0.2) is 27.0 Å². The number of aromatic nitrogens is 1. The van der Waals surface area contributed by atoms with Gasteiger partial charge in [-0.3, -0.25) is 9.52 Å². The van der Waals surface area contributed by atoms with E-state index in [0.29, 0.717) is 18.2 Å². The lowest BCUT2D eigenvalue weighted by Crippen LogP contribution is -2.55. The van der Waals surface area contributed by atoms with Gasteiger partial charge in [0.05, 0.1) is 35.1 Å². The largest absolute Gasteiger partial charge is 0.462 e. The Hall–Kier alpha value is -3.59. The number of carbonyl (C=O) groups is 2. The predicted molar refractivity (Wildman–Crippen MR) is 117 cm³/mol. The topological polar surface area (TPSA) is 129 Å². The van der Waals surface area contributed by atoms with Gasteiger partial charge in [0, 0.05) is 24.7 Å². The summed E-state index contributed by atoms with van der Waals surface area (Å²) < 4.78 is 58.2. The van der Waals surface area contributed by atoms with Gasteiger partial charge in [0.1, 0.15) is 23.5 Å². The second-order valence-corrected chi connectivity index (χ2v) is 9.32. The van der Waals surface area contributed by atoms with Crippen LogP contribution in [-0.2, 0) is 31.7 Å². The Bertz CT molecular complexity index is 1270. The number of anilines is 1. The van der Waals surface area contributed by atoms with Crippen LogP contribution in [0.15, 0.2) is 24.3 Å². The van der Waals surface area contributed by atoms with Crippen molar-refractivity contribution in [2.45, 2.75) is 26.0 Å². The maximum Gasteiger partial charge on any atom is 0.340 e. The number of aryl methyl sites for hydroxylation is 1. The molecule has 0 spiro atoms. The van der Waals surface area contributed by atoms with Crippen molar-refractivity contribution in [3.05, 3.63) is 58.3 Å². The molecule has 1 aromatic heterocycles. The second kappa shape index (κ2) is 10.1. The van der Waals surface area contributed by atoms with Crippen LogP contribution in [0.3, 0.4) is 0 Å². The van der Waals surface area contributed by atoms with Crippen LogP contribution in [0.2, 0.25) is 0 Å². The quantitative estimate of drug-likeness (QED) is 0.555. The SMILES string of the molecule is CCOC(=O)c1cc(C#N)c(N2CC(C(=O)NS(=O)(=O)Cc3ccc(F)cc3F)C2)nc1CC. The zero-order valence-corrected chi connectivity index (χ0v) is 19.3. The summed E-state index contributed by atoms with van der Waals surface area (Å²) in [5, 5.41) is 9.51. The molecule has 1 fully saturated rings. The van der Waals surface area contributed by atoms with Gasteiger partial charge in [0.2, 0.25) is 15.9 Å². The number of sulfonamides is 1. The minimum Gasteiger partial charge on any atom is -0.462 e. The molecule has 9 nitrogen and oxygen atoms in total. The van der Waals surface area contributed by atoms with Gasteiger partial charge in [-0.05, 0) is 25.5 Å². The lowest BCUT2D eigenvalue weighted by atomic mass is 9.98. The number of carbonyl (C=O) groups excluding carboxylic acids is 2. The van der Waals surface area contributed by atoms with Crippen LogP contribution in [0.25, 0.3) is 0 Å². The van der Waals surface area contributed by atoms with Crippen LogP contribution in [0.4, 0.5) is 14.6 Å². The van der Waals surface area contributed by atoms with Crippen LogP contribution >= 0.6 is 0 Å². The van der Waals surface area contributed by atoms with Crippen molar-refractivity contribution >= 4 is 27.7 Å². The highest BCUT2D eigenvalue weighted by atomic mass is 32.2. The predicted octanol–water partition coefficient (Wildman–Crippen LogP) is 2.05. The number of halogens is 2. The van der Waals surface area contributed by atoms with Gasteiger partial charge in [-0.15, -0.1) is 0 Å². The molecule has 1 saturated heterocycles. The minimum absolute atomic E-state index is 0.0931. The van der Waals surface area contributed by atoms with Crippen molar-refractivity contribution in [3.8, 4) is 6.07 Å². The lowest BCUT2D eigenvalue weighted by Gasteiger charge is -2.39. The molecule has 0 unspecified atom stereocenters. The van der Waals surface area contributed by atoms with Crippen LogP contribution in [0.5, 0.6) is 0 Å². The van der Waals surface area contributed by atoms with Gasteiger partial charge in [0.25, 0.3) is 0 Å². The molecule has 1 aliphatic rings. The number of amides is 1. The van der Waals surface area contributed by atoms with Gasteiger partial charge < -0.3 is 9.64 Å². The summed E-state index contributed by atoms with van der Waals surface area (Å²) in [6.07, 6.45) is 0.406. The number of hydrogen-bond donors (Lipinski definition) is 1. The molecule has 34 heavy (non-hydrogen) atoms. The average Bonchev–Trinajstić information content (AvgIpc) is 2.74. The van der Waals surface area contributed by atoms with Crippen LogP contribution in [0, 0.1) is 28.9 Å². The van der Waals surface area contributed by atoms with E-state index in [1.165, 1.54) is 6.07 Å². The van der Waals surface area contributed by atoms with Crippen molar-refractivity contribution in [1.29, 1.82) is 5.26 Å². The zero-order chi connectivity index (χ0) is 25.0. The number of nitrogens with zero attached hydrogens (tertiary/aromatic N) is 3. The fraction of sp³-hybridized carbons (Fsp3) is 0.364. The standard InChI is InChI=1S/C22H22F2N4O5S/c1-3-19-17(22(30)33-4-2)7-14(9-25)20(26-19)28-10-15(11-28)21(29)27-34(31,32)12-13-5-6-16(23)8-18(13)24/h5-8,15H,3-4,10-12H2,1-2H3,(H,27,29). The number of hydrogen-bond acceptors (Lipinski definition) is 8. The molecule has 0 saturated carbocycles. The molecule has 2 heterocycles. The van der Waals surface area contributed by atoms with Crippen LogP contribution < -0.4 is 9.62 Å². The Morgan fingerprint density at radius 2 is 1.97 bits per heavy atom. The first-order chi connectivity index (χ1) is 16.1. The molecule has 1 N–H and O–H groups in total. The smallest absolute Gasteiger partial charge is 0.340 e. The third kappa shape index (κ3) is 5.48. The van der Waals surface area contributed by atoms with E-state index in [9.17, 15) is 32.0 Å². The van der Waals surface area contributed by atoms with Crippen molar-refractivity contribution < 1.29 is 31.5 Å². The number of ether oxygens (including phenoxy) is 1. The summed E-state index contributed by atoms with van der Waals surface area (Å²) in [5.41, 5.74) is 0.481. The molecule has 12 heteroatoms. The van der Waals surface area contributed by atoms with Gasteiger partial charge in [-0.2, -0.15) is 5.26 Å². The Morgan fingerprint density at radius 1 is 1.26 bits per heavy atom. The molecule has 180 valence electrons. The van der Waals surface area contributed by atoms with E-state index in [-0.39, 0.29) is 42.2 Å². The van der Waals surface area contributed by atoms with Crippen molar-refractivity contribution in [1.82, 2.24) is 9.71 Å². The highest BCUT2D eigenvalue weighted by Gasteiger charge is 2.37. The van der Waals surface area contributed by atoms with E-state index in [2.05, 4.69) is 4.98 Å². The van der Waals surface area contributed by atoms with Gasteiger partial charge in [-0.1, -0.05) is 13.0 Å². The van der Waals surface area contributed by atoms with E-state index in [4.69, 9.17) is 4.74 Å². The third-order valence-electron chi connectivity index (χ3n) is 5.20. The number of pyridine rings is 1. The molecule has 1 aliphatic heterocycles. The molecular formula is C22H22F2N4O5S. The monoisotopic (exact) mass is 492 g/mol. The van der Waals surface area contributed by atoms with Gasteiger partial charge >= 0.3 is 5.97 Å². The van der Waals surface area contributed by atoms with E-state index < -0.39 is 45.2 Å². The van der Waals surface area contributed by atoms with E-state index in [0.717, 1.165) is 12.1 Å². The van der Waals surface area contributed by atoms with Gasteiger partial charge in [0.15, 0.2) is 0 Å². The third-order valence-corrected chi connectivity index (χ3v) is 6.40. The van der Waals surface area contributed by atoms with E-state index >= 15 is 0 Å². The molecule has 2 aromatic rings. The summed E-state index contributed by atoms with van der Waals surface area (Å²) in [4.78, 5) is 30.6. The average molecular weight is 493 g/mol. The Kier molecular flexibility index (Phi) is 7.46. The first-order valence-electron chi connectivity index (χ1n) is 10.4. The Morgan fingerprint density at radius 3 is 2.56 bits per heavy atom. The summed E-state index contributed by atoms with van der Waals surface area (Å²) in [5.74, 6) is -4.49. The summed E-state index contributed by atoms with van der Waals surface area (Å²) >= 11 is 0. The minimum atomic E-state index is -4.22. The number of rotatable bonds is 8. The number of esters is 1. The van der Waals surface area contributed by atoms with E-state index in [1.54, 1.807) is 18.7 Å². The highest BCUT2D eigenvalue weighted by Crippen LogP contribution is 2.29. The normalized spacial score (nSPS) is 13.7. The van der Waals surface area contributed by atoms with Crippen molar-refractivity contribution in [2.24, 2.45) is 5.92 Å². The summed E-state index contributed by atoms with van der Waals surface area (Å²) in [6, 6.07) is 5.87. The fourth-order valence-electron chi connectivity index (χ4n) is 3.45. The number of benzene rings is 1. The molecule has 1 aromatic carbocycles. The molecule has 1 amide bonds. The fourth-order valence-corrected chi connectivity index (χ4v) is 4.64. The number of nitrogens with one attached hydrogen (secondary N) is 1. The molecule has 3 rings (SSSR count). The van der Waals surface area contributed by atoms with Crippen LogP contribution in [0.1, 0.15) is 41.0 Å². The molecule has 0 aliphatic carbocycles. The Balaban J connectivity index is 1.69. The second-order valence-electron chi connectivity index (χ2n) is 7.60. The highest BCUT2D eigenvalue weighted by molar-refractivity contribution is 7.89. The van der Waals surface area contributed by atoms with Crippen molar-refractivity contribution in [2.75, 3.05) is 24.6 Å². The first-order valence-corrected chi connectivity index (χ1v) is 12.1. The number of nitriles is 1. The molecule has 0 radical (unpaired) electrons. The van der Waals surface area contributed by atoms with Crippen molar-refractivity contribution in [3.63, 3.8) is 0 Å². The molecule has 0 atom stereocenters. The zero-order valence-electron chi connectivity index (χ0n) is 18.5. The first kappa shape index (κ1) is 25.0. The molecule has 0 bridgehead atoms. The van der Waals surface area contributed by atoms with E-state index in [1.807, 2.05) is 10.8 Å². The Labute approximate surface area is 195 Å². The summed E-state index contributed by atoms with van der Waals surface area (Å²) in [7, 11) is -4.22. The molecular weight excluding hydrogens is 470 g/mol.